The third-order valence-electron chi connectivity index (χ3n) is 4.12. The Labute approximate surface area is 117 Å². The minimum Gasteiger partial charge on any atom is -0.389 e. The third-order valence-corrected chi connectivity index (χ3v) is 4.12. The van der Waals surface area contributed by atoms with E-state index < -0.39 is 5.60 Å². The molecule has 1 amide bonds. The van der Waals surface area contributed by atoms with Crippen molar-refractivity contribution in [3.05, 3.63) is 0 Å². The second-order valence-corrected chi connectivity index (χ2v) is 6.41. The van der Waals surface area contributed by atoms with Gasteiger partial charge in [-0.1, -0.05) is 13.8 Å². The van der Waals surface area contributed by atoms with Gasteiger partial charge in [-0.2, -0.15) is 0 Å². The summed E-state index contributed by atoms with van der Waals surface area (Å²) in [5.41, 5.74) is -0.589. The summed E-state index contributed by atoms with van der Waals surface area (Å²) in [7, 11) is 3.56. The fraction of sp³-hybridized carbons (Fsp3) is 0.933. The fourth-order valence-corrected chi connectivity index (χ4v) is 2.74. The van der Waals surface area contributed by atoms with E-state index in [2.05, 4.69) is 18.7 Å². The van der Waals surface area contributed by atoms with E-state index in [0.717, 1.165) is 44.6 Å². The molecular weight excluding hydrogens is 240 g/mol. The summed E-state index contributed by atoms with van der Waals surface area (Å²) in [5, 5.41) is 10.7. The highest BCUT2D eigenvalue weighted by Crippen LogP contribution is 2.32. The van der Waals surface area contributed by atoms with Crippen molar-refractivity contribution in [2.24, 2.45) is 5.92 Å². The van der Waals surface area contributed by atoms with Crippen molar-refractivity contribution in [3.63, 3.8) is 0 Å². The summed E-state index contributed by atoms with van der Waals surface area (Å²) in [6.07, 6.45) is 4.93. The Morgan fingerprint density at radius 2 is 1.89 bits per heavy atom. The number of likely N-dealkylation sites (N-methyl/N-ethyl adjacent to an activating group) is 1. The van der Waals surface area contributed by atoms with Crippen molar-refractivity contribution in [1.82, 2.24) is 9.80 Å². The minimum atomic E-state index is -0.589. The highest BCUT2D eigenvalue weighted by molar-refractivity contribution is 5.77. The highest BCUT2D eigenvalue weighted by atomic mass is 16.3. The number of aliphatic hydroxyl groups is 1. The maximum absolute atomic E-state index is 11.8. The normalized spacial score (nSPS) is 27.6. The van der Waals surface area contributed by atoms with E-state index in [9.17, 15) is 9.90 Å². The monoisotopic (exact) mass is 270 g/mol. The van der Waals surface area contributed by atoms with Crippen molar-refractivity contribution >= 4 is 5.91 Å². The van der Waals surface area contributed by atoms with Crippen LogP contribution in [0.5, 0.6) is 0 Å². The lowest BCUT2D eigenvalue weighted by atomic mass is 9.79. The quantitative estimate of drug-likeness (QED) is 0.799. The maximum Gasteiger partial charge on any atom is 0.236 e. The lowest BCUT2D eigenvalue weighted by Gasteiger charge is -2.38. The van der Waals surface area contributed by atoms with Crippen molar-refractivity contribution in [3.8, 4) is 0 Å². The Morgan fingerprint density at radius 3 is 2.37 bits per heavy atom. The van der Waals surface area contributed by atoms with Crippen LogP contribution in [-0.4, -0.2) is 60.1 Å². The zero-order valence-electron chi connectivity index (χ0n) is 13.0. The molecule has 4 heteroatoms. The van der Waals surface area contributed by atoms with E-state index >= 15 is 0 Å². The molecule has 0 heterocycles. The lowest BCUT2D eigenvalue weighted by Crippen LogP contribution is -2.48. The molecule has 0 atom stereocenters. The first-order valence-corrected chi connectivity index (χ1v) is 7.51. The zero-order chi connectivity index (χ0) is 14.5. The van der Waals surface area contributed by atoms with Crippen molar-refractivity contribution in [2.45, 2.75) is 51.6 Å². The summed E-state index contributed by atoms with van der Waals surface area (Å²) < 4.78 is 0. The molecule has 0 aromatic carbocycles. The Kier molecular flexibility index (Phi) is 6.27. The van der Waals surface area contributed by atoms with Crippen molar-refractivity contribution in [1.29, 1.82) is 0 Å². The van der Waals surface area contributed by atoms with Crippen LogP contribution in [0.1, 0.15) is 46.0 Å². The van der Waals surface area contributed by atoms with Gasteiger partial charge in [0.1, 0.15) is 0 Å². The van der Waals surface area contributed by atoms with Crippen LogP contribution >= 0.6 is 0 Å². The molecule has 1 saturated carbocycles. The number of nitrogens with zero attached hydrogens (tertiary/aromatic N) is 2. The summed E-state index contributed by atoms with van der Waals surface area (Å²) in [4.78, 5) is 15.6. The largest absolute Gasteiger partial charge is 0.389 e. The van der Waals surface area contributed by atoms with Gasteiger partial charge in [0.05, 0.1) is 12.1 Å². The average molecular weight is 270 g/mol. The van der Waals surface area contributed by atoms with Gasteiger partial charge in [-0.25, -0.2) is 0 Å². The van der Waals surface area contributed by atoms with Gasteiger partial charge in [0.15, 0.2) is 0 Å². The number of carbonyl (C=O) groups excluding carboxylic acids is 1. The van der Waals surface area contributed by atoms with Crippen LogP contribution in [-0.2, 0) is 4.79 Å². The Hall–Kier alpha value is -0.610. The van der Waals surface area contributed by atoms with Gasteiger partial charge in [-0.3, -0.25) is 9.69 Å². The number of amides is 1. The van der Waals surface area contributed by atoms with Crippen LogP contribution in [0.2, 0.25) is 0 Å². The third kappa shape index (κ3) is 5.49. The van der Waals surface area contributed by atoms with E-state index in [1.165, 1.54) is 0 Å². The molecule has 0 radical (unpaired) electrons. The molecule has 4 nitrogen and oxygen atoms in total. The summed E-state index contributed by atoms with van der Waals surface area (Å²) in [6, 6.07) is 0. The van der Waals surface area contributed by atoms with Gasteiger partial charge >= 0.3 is 0 Å². The molecule has 0 aromatic heterocycles. The topological polar surface area (TPSA) is 43.8 Å². The summed E-state index contributed by atoms with van der Waals surface area (Å²) in [5.74, 6) is 0.838. The number of carbonyl (C=O) groups is 1. The standard InChI is InChI=1S/C15H30N2O2/c1-5-10-17(11-14(18)16(3)4)12-15(19)8-6-13(2)7-9-15/h13,19H,5-12H2,1-4H3. The maximum atomic E-state index is 11.8. The molecule has 0 aromatic rings. The van der Waals surface area contributed by atoms with Crippen LogP contribution in [0.4, 0.5) is 0 Å². The van der Waals surface area contributed by atoms with E-state index in [1.54, 1.807) is 19.0 Å². The van der Waals surface area contributed by atoms with E-state index in [0.29, 0.717) is 13.1 Å². The van der Waals surface area contributed by atoms with Gasteiger partial charge in [0.25, 0.3) is 0 Å². The van der Waals surface area contributed by atoms with Crippen LogP contribution in [0.3, 0.4) is 0 Å². The molecule has 0 saturated heterocycles. The second-order valence-electron chi connectivity index (χ2n) is 6.41. The number of hydrogen-bond acceptors (Lipinski definition) is 3. The molecule has 1 N–H and O–H groups in total. The smallest absolute Gasteiger partial charge is 0.236 e. The van der Waals surface area contributed by atoms with E-state index in [1.807, 2.05) is 0 Å². The number of rotatable bonds is 6. The van der Waals surface area contributed by atoms with Gasteiger partial charge < -0.3 is 10.0 Å². The first-order chi connectivity index (χ1) is 8.86. The highest BCUT2D eigenvalue weighted by Gasteiger charge is 2.33. The van der Waals surface area contributed by atoms with Crippen LogP contribution in [0.25, 0.3) is 0 Å². The second kappa shape index (κ2) is 7.25. The summed E-state index contributed by atoms with van der Waals surface area (Å²) in [6.45, 7) is 6.28. The first kappa shape index (κ1) is 16.4. The van der Waals surface area contributed by atoms with Crippen LogP contribution in [0.15, 0.2) is 0 Å². The molecule has 1 aliphatic carbocycles. The predicted octanol–water partition coefficient (Wildman–Crippen LogP) is 1.73. The molecule has 19 heavy (non-hydrogen) atoms. The Bertz CT molecular complexity index is 284. The molecule has 0 unspecified atom stereocenters. The Balaban J connectivity index is 2.54. The zero-order valence-corrected chi connectivity index (χ0v) is 13.0. The van der Waals surface area contributed by atoms with Gasteiger partial charge in [-0.05, 0) is 44.6 Å². The molecule has 1 rings (SSSR count). The molecular formula is C15H30N2O2. The van der Waals surface area contributed by atoms with E-state index in [4.69, 9.17) is 0 Å². The minimum absolute atomic E-state index is 0.112. The molecule has 1 aliphatic rings. The molecule has 0 aliphatic heterocycles. The van der Waals surface area contributed by atoms with E-state index in [-0.39, 0.29) is 5.91 Å². The van der Waals surface area contributed by atoms with Crippen LogP contribution < -0.4 is 0 Å². The fourth-order valence-electron chi connectivity index (χ4n) is 2.74. The van der Waals surface area contributed by atoms with Gasteiger partial charge in [0, 0.05) is 20.6 Å². The molecule has 1 fully saturated rings. The van der Waals surface area contributed by atoms with Crippen molar-refractivity contribution < 1.29 is 9.90 Å². The van der Waals surface area contributed by atoms with Gasteiger partial charge in [-0.15, -0.1) is 0 Å². The lowest BCUT2D eigenvalue weighted by molar-refractivity contribution is -0.131. The predicted molar refractivity (Wildman–Crippen MR) is 78.0 cm³/mol. The Morgan fingerprint density at radius 1 is 1.32 bits per heavy atom. The van der Waals surface area contributed by atoms with Gasteiger partial charge in [0.2, 0.25) is 5.91 Å². The molecule has 0 spiro atoms. The molecule has 0 bridgehead atoms. The van der Waals surface area contributed by atoms with Crippen molar-refractivity contribution in [2.75, 3.05) is 33.7 Å². The SMILES string of the molecule is CCCN(CC(=O)N(C)C)CC1(O)CCC(C)CC1. The number of hydrogen-bond donors (Lipinski definition) is 1. The first-order valence-electron chi connectivity index (χ1n) is 7.51. The average Bonchev–Trinajstić information content (AvgIpc) is 2.33. The summed E-state index contributed by atoms with van der Waals surface area (Å²) >= 11 is 0. The van der Waals surface area contributed by atoms with Crippen LogP contribution in [0, 0.1) is 5.92 Å². The molecule has 112 valence electrons.